The number of carbonyl (C=O) groups is 1. The van der Waals surface area contributed by atoms with Crippen molar-refractivity contribution >= 4 is 5.91 Å². The summed E-state index contributed by atoms with van der Waals surface area (Å²) >= 11 is 0. The van der Waals surface area contributed by atoms with E-state index < -0.39 is 0 Å². The van der Waals surface area contributed by atoms with Crippen LogP contribution in [0.4, 0.5) is 0 Å². The van der Waals surface area contributed by atoms with Crippen LogP contribution >= 0.6 is 0 Å². The minimum atomic E-state index is -0.165. The maximum atomic E-state index is 12.0. The molecule has 1 heterocycles. The summed E-state index contributed by atoms with van der Waals surface area (Å²) in [4.78, 5) is 12.0. The maximum Gasteiger partial charge on any atom is 0.220 e. The summed E-state index contributed by atoms with van der Waals surface area (Å²) in [5.41, 5.74) is 1.02. The fourth-order valence-corrected chi connectivity index (χ4v) is 2.31. The lowest BCUT2D eigenvalue weighted by molar-refractivity contribution is -0.121. The van der Waals surface area contributed by atoms with E-state index in [-0.39, 0.29) is 17.7 Å². The van der Waals surface area contributed by atoms with Crippen molar-refractivity contribution in [2.45, 2.75) is 45.7 Å². The zero-order valence-electron chi connectivity index (χ0n) is 13.0. The molecule has 6 nitrogen and oxygen atoms in total. The zero-order valence-corrected chi connectivity index (χ0v) is 13.0. The summed E-state index contributed by atoms with van der Waals surface area (Å²) in [5, 5.41) is 20.2. The van der Waals surface area contributed by atoms with E-state index in [0.717, 1.165) is 24.4 Å². The average Bonchev–Trinajstić information content (AvgIpc) is 2.95. The van der Waals surface area contributed by atoms with Crippen molar-refractivity contribution < 1.29 is 9.90 Å². The highest BCUT2D eigenvalue weighted by Gasteiger charge is 2.15. The number of hydrogen-bond donors (Lipinski definition) is 2. The molecular weight excluding hydrogens is 280 g/mol. The van der Waals surface area contributed by atoms with Gasteiger partial charge in [-0.1, -0.05) is 19.1 Å². The zero-order chi connectivity index (χ0) is 15.9. The molecule has 0 aliphatic heterocycles. The molecule has 1 aromatic carbocycles. The van der Waals surface area contributed by atoms with Crippen LogP contribution in [0.1, 0.15) is 44.1 Å². The molecule has 22 heavy (non-hydrogen) atoms. The molecule has 2 N–H and O–H groups in total. The number of aromatic hydroxyl groups is 1. The van der Waals surface area contributed by atoms with Crippen LogP contribution in [0.15, 0.2) is 30.6 Å². The second-order valence-corrected chi connectivity index (χ2v) is 5.34. The largest absolute Gasteiger partial charge is 0.508 e. The van der Waals surface area contributed by atoms with Gasteiger partial charge in [0.15, 0.2) is 5.82 Å². The van der Waals surface area contributed by atoms with Gasteiger partial charge >= 0.3 is 0 Å². The number of aryl methyl sites for hydroxylation is 2. The molecule has 6 heteroatoms. The first kappa shape index (κ1) is 16.0. The fraction of sp³-hybridized carbons (Fsp3) is 0.438. The average molecular weight is 302 g/mol. The number of nitrogens with one attached hydrogen (secondary N) is 1. The van der Waals surface area contributed by atoms with Gasteiger partial charge in [-0.3, -0.25) is 4.79 Å². The van der Waals surface area contributed by atoms with Gasteiger partial charge in [0.05, 0.1) is 6.04 Å². The smallest absolute Gasteiger partial charge is 0.220 e. The molecule has 0 aliphatic carbocycles. The normalized spacial score (nSPS) is 12.1. The lowest BCUT2D eigenvalue weighted by Crippen LogP contribution is -2.28. The molecule has 0 unspecified atom stereocenters. The van der Waals surface area contributed by atoms with E-state index >= 15 is 0 Å². The van der Waals surface area contributed by atoms with E-state index in [1.165, 1.54) is 0 Å². The summed E-state index contributed by atoms with van der Waals surface area (Å²) in [7, 11) is 0. The Hall–Kier alpha value is -2.37. The SMILES string of the molecule is CCCn1cnnc1[C@H](C)NC(=O)CCc1ccc(O)cc1. The highest BCUT2D eigenvalue weighted by Crippen LogP contribution is 2.12. The van der Waals surface area contributed by atoms with Gasteiger partial charge in [0.25, 0.3) is 0 Å². The summed E-state index contributed by atoms with van der Waals surface area (Å²) in [6.07, 6.45) is 3.72. The Morgan fingerprint density at radius 1 is 1.36 bits per heavy atom. The van der Waals surface area contributed by atoms with Gasteiger partial charge in [-0.15, -0.1) is 10.2 Å². The van der Waals surface area contributed by atoms with Gasteiger partial charge in [0.1, 0.15) is 12.1 Å². The Balaban J connectivity index is 1.85. The van der Waals surface area contributed by atoms with E-state index in [4.69, 9.17) is 0 Å². The molecule has 0 radical (unpaired) electrons. The van der Waals surface area contributed by atoms with Crippen molar-refractivity contribution in [2.75, 3.05) is 0 Å². The first-order chi connectivity index (χ1) is 10.6. The number of nitrogens with zero attached hydrogens (tertiary/aromatic N) is 3. The summed E-state index contributed by atoms with van der Waals surface area (Å²) < 4.78 is 1.96. The van der Waals surface area contributed by atoms with Crippen molar-refractivity contribution in [2.24, 2.45) is 0 Å². The van der Waals surface area contributed by atoms with E-state index in [9.17, 15) is 9.90 Å². The number of hydrogen-bond acceptors (Lipinski definition) is 4. The van der Waals surface area contributed by atoms with E-state index in [0.29, 0.717) is 12.8 Å². The number of benzene rings is 1. The second-order valence-electron chi connectivity index (χ2n) is 5.34. The molecule has 1 amide bonds. The molecule has 0 saturated heterocycles. The van der Waals surface area contributed by atoms with Gasteiger partial charge < -0.3 is 15.0 Å². The molecule has 2 rings (SSSR count). The summed E-state index contributed by atoms with van der Waals surface area (Å²) in [5.74, 6) is 0.989. The third kappa shape index (κ3) is 4.31. The Labute approximate surface area is 130 Å². The second kappa shape index (κ2) is 7.59. The number of rotatable bonds is 7. The van der Waals surface area contributed by atoms with Crippen molar-refractivity contribution in [3.05, 3.63) is 42.0 Å². The number of amides is 1. The molecule has 0 saturated carbocycles. The van der Waals surface area contributed by atoms with Gasteiger partial charge in [0, 0.05) is 13.0 Å². The highest BCUT2D eigenvalue weighted by atomic mass is 16.3. The van der Waals surface area contributed by atoms with Crippen molar-refractivity contribution in [3.8, 4) is 5.75 Å². The molecule has 1 atom stereocenters. The Bertz CT molecular complexity index is 607. The predicted octanol–water partition coefficient (Wildman–Crippen LogP) is 2.20. The topological polar surface area (TPSA) is 80.0 Å². The van der Waals surface area contributed by atoms with Crippen LogP contribution in [0.5, 0.6) is 5.75 Å². The molecule has 0 spiro atoms. The third-order valence-corrected chi connectivity index (χ3v) is 3.45. The standard InChI is InChI=1S/C16H22N4O2/c1-3-10-20-11-17-19-16(20)12(2)18-15(22)9-6-13-4-7-14(21)8-5-13/h4-5,7-8,11-12,21H,3,6,9-10H2,1-2H3,(H,18,22)/t12-/m0/s1. The monoisotopic (exact) mass is 302 g/mol. The molecule has 118 valence electrons. The summed E-state index contributed by atoms with van der Waals surface area (Å²) in [6, 6.07) is 6.74. The van der Waals surface area contributed by atoms with E-state index in [2.05, 4.69) is 22.4 Å². The van der Waals surface area contributed by atoms with Gasteiger partial charge in [-0.2, -0.15) is 0 Å². The maximum absolute atomic E-state index is 12.0. The van der Waals surface area contributed by atoms with Crippen LogP contribution in [0.25, 0.3) is 0 Å². The van der Waals surface area contributed by atoms with E-state index in [1.807, 2.05) is 23.6 Å². The van der Waals surface area contributed by atoms with Gasteiger partial charge in [-0.25, -0.2) is 0 Å². The Morgan fingerprint density at radius 2 is 2.09 bits per heavy atom. The number of carbonyl (C=O) groups excluding carboxylic acids is 1. The van der Waals surface area contributed by atoms with Crippen LogP contribution in [0.2, 0.25) is 0 Å². The van der Waals surface area contributed by atoms with Crippen molar-refractivity contribution in [1.29, 1.82) is 0 Å². The number of aromatic nitrogens is 3. The lowest BCUT2D eigenvalue weighted by atomic mass is 10.1. The molecular formula is C16H22N4O2. The van der Waals surface area contributed by atoms with Crippen LogP contribution in [-0.2, 0) is 17.8 Å². The van der Waals surface area contributed by atoms with Crippen LogP contribution in [-0.4, -0.2) is 25.8 Å². The van der Waals surface area contributed by atoms with E-state index in [1.54, 1.807) is 18.5 Å². The Morgan fingerprint density at radius 3 is 2.77 bits per heavy atom. The quantitative estimate of drug-likeness (QED) is 0.821. The predicted molar refractivity (Wildman–Crippen MR) is 83.3 cm³/mol. The number of phenols is 1. The van der Waals surface area contributed by atoms with Crippen molar-refractivity contribution in [3.63, 3.8) is 0 Å². The van der Waals surface area contributed by atoms with Crippen molar-refractivity contribution in [1.82, 2.24) is 20.1 Å². The molecule has 1 aromatic heterocycles. The Kier molecular flexibility index (Phi) is 5.52. The lowest BCUT2D eigenvalue weighted by Gasteiger charge is -2.14. The first-order valence-electron chi connectivity index (χ1n) is 7.55. The molecule has 0 aliphatic rings. The molecule has 2 aromatic rings. The fourth-order valence-electron chi connectivity index (χ4n) is 2.31. The first-order valence-corrected chi connectivity index (χ1v) is 7.55. The third-order valence-electron chi connectivity index (χ3n) is 3.45. The minimum Gasteiger partial charge on any atom is -0.508 e. The van der Waals surface area contributed by atoms with Gasteiger partial charge in [-0.05, 0) is 37.5 Å². The van der Waals surface area contributed by atoms with Crippen LogP contribution in [0, 0.1) is 0 Å². The summed E-state index contributed by atoms with van der Waals surface area (Å²) in [6.45, 7) is 4.84. The van der Waals surface area contributed by atoms with Gasteiger partial charge in [0.2, 0.25) is 5.91 Å². The van der Waals surface area contributed by atoms with Crippen LogP contribution in [0.3, 0.4) is 0 Å². The number of phenolic OH excluding ortho intramolecular Hbond substituents is 1. The van der Waals surface area contributed by atoms with Crippen LogP contribution < -0.4 is 5.32 Å². The molecule has 0 fully saturated rings. The molecule has 0 bridgehead atoms. The minimum absolute atomic E-state index is 0.0216. The highest BCUT2D eigenvalue weighted by molar-refractivity contribution is 5.76.